The van der Waals surface area contributed by atoms with Crippen molar-refractivity contribution in [2.45, 2.75) is 19.3 Å². The van der Waals surface area contributed by atoms with Gasteiger partial charge in [-0.25, -0.2) is 0 Å². The number of aromatic nitrogens is 1. The topological polar surface area (TPSA) is 12.9 Å². The minimum absolute atomic E-state index is 0.152. The molecule has 0 aliphatic heterocycles. The van der Waals surface area contributed by atoms with Gasteiger partial charge in [0.05, 0.1) is 5.52 Å². The fourth-order valence-corrected chi connectivity index (χ4v) is 8.77. The van der Waals surface area contributed by atoms with Crippen molar-refractivity contribution >= 4 is 53.2 Å². The van der Waals surface area contributed by atoms with Gasteiger partial charge in [0.1, 0.15) is 0 Å². The normalized spacial score (nSPS) is 13.7. The summed E-state index contributed by atoms with van der Waals surface area (Å²) in [5.41, 5.74) is 11.6. The van der Waals surface area contributed by atoms with Crippen LogP contribution in [0.25, 0.3) is 75.2 Å². The number of pyridine rings is 1. The molecule has 0 bridgehead atoms. The van der Waals surface area contributed by atoms with E-state index in [9.17, 15) is 0 Å². The van der Waals surface area contributed by atoms with Gasteiger partial charge in [-0.15, -0.1) is 11.3 Å². The molecule has 1 aliphatic carbocycles. The maximum Gasteiger partial charge on any atom is 0.0783 e. The summed E-state index contributed by atoms with van der Waals surface area (Å²) in [7, 11) is 0. The van der Waals surface area contributed by atoms with Gasteiger partial charge < -0.3 is 0 Å². The van der Waals surface area contributed by atoms with E-state index in [2.05, 4.69) is 135 Å². The Hall–Kier alpha value is -4.79. The highest BCUT2D eigenvalue weighted by atomic mass is 32.1. The van der Waals surface area contributed by atoms with E-state index in [1.54, 1.807) is 0 Å². The SMILES string of the molecule is CC1(C)c2cc(-c3cccc4c3sc3c(-c5ccccc5)cccc34)ccc2-c2c1c1cccnc1c1ccccc21. The standard InChI is InChI=1S/C40H27NS/c1-40(2)34-23-25(20-21-32(34)35-28-13-6-7-14-29(28)37-33(36(35)40)19-10-22-41-37)27-16-9-18-31-30-17-8-15-26(38(30)42-39(27)31)24-11-4-3-5-12-24/h3-23H,1-2H3. The lowest BCUT2D eigenvalue weighted by molar-refractivity contribution is 0.666. The van der Waals surface area contributed by atoms with Crippen LogP contribution in [0.15, 0.2) is 128 Å². The van der Waals surface area contributed by atoms with Gasteiger partial charge in [0, 0.05) is 42.6 Å². The number of rotatable bonds is 2. The van der Waals surface area contributed by atoms with E-state index in [1.807, 2.05) is 17.5 Å². The fourth-order valence-electron chi connectivity index (χ4n) is 7.40. The van der Waals surface area contributed by atoms with Crippen LogP contribution in [0, 0.1) is 0 Å². The molecule has 0 saturated carbocycles. The van der Waals surface area contributed by atoms with Gasteiger partial charge in [0.15, 0.2) is 0 Å². The Bertz CT molecular complexity index is 2380. The third-order valence-corrected chi connectivity index (χ3v) is 10.6. The zero-order valence-corrected chi connectivity index (χ0v) is 24.3. The lowest BCUT2D eigenvalue weighted by Crippen LogP contribution is -2.16. The molecule has 0 N–H and O–H groups in total. The van der Waals surface area contributed by atoms with Crippen molar-refractivity contribution < 1.29 is 0 Å². The average Bonchev–Trinajstić information content (AvgIpc) is 3.54. The molecule has 42 heavy (non-hydrogen) atoms. The first-order chi connectivity index (χ1) is 20.6. The van der Waals surface area contributed by atoms with Crippen LogP contribution in [0.1, 0.15) is 25.0 Å². The van der Waals surface area contributed by atoms with Crippen molar-refractivity contribution in [1.29, 1.82) is 0 Å². The van der Waals surface area contributed by atoms with Gasteiger partial charge in [-0.2, -0.15) is 0 Å². The minimum Gasteiger partial charge on any atom is -0.256 e. The van der Waals surface area contributed by atoms with E-state index < -0.39 is 0 Å². The predicted molar refractivity (Wildman–Crippen MR) is 181 cm³/mol. The van der Waals surface area contributed by atoms with Crippen LogP contribution in [0.4, 0.5) is 0 Å². The maximum atomic E-state index is 4.87. The summed E-state index contributed by atoms with van der Waals surface area (Å²) in [5.74, 6) is 0. The van der Waals surface area contributed by atoms with Gasteiger partial charge in [-0.3, -0.25) is 4.98 Å². The molecule has 0 spiro atoms. The maximum absolute atomic E-state index is 4.87. The third kappa shape index (κ3) is 3.16. The Morgan fingerprint density at radius 2 is 1.17 bits per heavy atom. The second-order valence-corrected chi connectivity index (χ2v) is 12.9. The van der Waals surface area contributed by atoms with Crippen molar-refractivity contribution in [2.24, 2.45) is 0 Å². The summed E-state index contributed by atoms with van der Waals surface area (Å²) < 4.78 is 2.70. The van der Waals surface area contributed by atoms with E-state index in [1.165, 1.54) is 80.8 Å². The van der Waals surface area contributed by atoms with Crippen LogP contribution in [-0.4, -0.2) is 4.98 Å². The highest BCUT2D eigenvalue weighted by Crippen LogP contribution is 2.55. The number of nitrogens with zero attached hydrogens (tertiary/aromatic N) is 1. The van der Waals surface area contributed by atoms with Crippen molar-refractivity contribution in [3.8, 4) is 33.4 Å². The number of fused-ring (bicyclic) bond motifs is 11. The first kappa shape index (κ1) is 23.9. The quantitative estimate of drug-likeness (QED) is 0.194. The van der Waals surface area contributed by atoms with Gasteiger partial charge in [0.2, 0.25) is 0 Å². The Morgan fingerprint density at radius 3 is 1.93 bits per heavy atom. The molecule has 0 atom stereocenters. The van der Waals surface area contributed by atoms with Gasteiger partial charge in [-0.1, -0.05) is 123 Å². The summed E-state index contributed by atoms with van der Waals surface area (Å²) in [4.78, 5) is 4.87. The van der Waals surface area contributed by atoms with Crippen molar-refractivity contribution in [2.75, 3.05) is 0 Å². The molecule has 0 radical (unpaired) electrons. The number of hydrogen-bond acceptors (Lipinski definition) is 2. The molecule has 0 unspecified atom stereocenters. The molecular formula is C40H27NS. The van der Waals surface area contributed by atoms with E-state index in [-0.39, 0.29) is 5.41 Å². The molecule has 1 aliphatic rings. The van der Waals surface area contributed by atoms with Crippen molar-refractivity contribution in [1.82, 2.24) is 4.98 Å². The van der Waals surface area contributed by atoms with Gasteiger partial charge in [-0.05, 0) is 62.0 Å². The van der Waals surface area contributed by atoms with Crippen molar-refractivity contribution in [3.63, 3.8) is 0 Å². The van der Waals surface area contributed by atoms with E-state index in [4.69, 9.17) is 4.98 Å². The largest absolute Gasteiger partial charge is 0.256 e. The smallest absolute Gasteiger partial charge is 0.0783 e. The molecule has 8 aromatic rings. The van der Waals surface area contributed by atoms with Crippen molar-refractivity contribution in [3.05, 3.63) is 139 Å². The average molecular weight is 554 g/mol. The van der Waals surface area contributed by atoms with Crippen LogP contribution in [0.5, 0.6) is 0 Å². The highest BCUT2D eigenvalue weighted by Gasteiger charge is 2.38. The molecule has 2 heterocycles. The molecule has 6 aromatic carbocycles. The molecule has 9 rings (SSSR count). The molecule has 0 amide bonds. The van der Waals surface area contributed by atoms with E-state index in [0.29, 0.717) is 0 Å². The Balaban J connectivity index is 1.29. The zero-order valence-electron chi connectivity index (χ0n) is 23.5. The third-order valence-electron chi connectivity index (χ3n) is 9.29. The first-order valence-electron chi connectivity index (χ1n) is 14.6. The second kappa shape index (κ2) is 8.61. The predicted octanol–water partition coefficient (Wildman–Crippen LogP) is 11.4. The molecular weight excluding hydrogens is 527 g/mol. The Labute approximate surface area is 248 Å². The highest BCUT2D eigenvalue weighted by molar-refractivity contribution is 7.26. The molecule has 0 saturated heterocycles. The summed E-state index contributed by atoms with van der Waals surface area (Å²) in [6, 6.07) is 44.6. The molecule has 0 fully saturated rings. The van der Waals surface area contributed by atoms with Crippen LogP contribution in [0.3, 0.4) is 0 Å². The number of hydrogen-bond donors (Lipinski definition) is 0. The van der Waals surface area contributed by atoms with Crippen LogP contribution >= 0.6 is 11.3 Å². The number of thiophene rings is 1. The Morgan fingerprint density at radius 1 is 0.524 bits per heavy atom. The summed E-state index contributed by atoms with van der Waals surface area (Å²) in [6.07, 6.45) is 1.92. The van der Waals surface area contributed by atoms with Crippen LogP contribution < -0.4 is 0 Å². The Kier molecular flexibility index (Phi) is 4.89. The lowest BCUT2D eigenvalue weighted by Gasteiger charge is -2.24. The molecule has 198 valence electrons. The van der Waals surface area contributed by atoms with Gasteiger partial charge in [0.25, 0.3) is 0 Å². The number of benzene rings is 6. The lowest BCUT2D eigenvalue weighted by atomic mass is 9.79. The first-order valence-corrected chi connectivity index (χ1v) is 15.4. The van der Waals surface area contributed by atoms with Crippen LogP contribution in [0.2, 0.25) is 0 Å². The summed E-state index contributed by atoms with van der Waals surface area (Å²) in [5, 5.41) is 6.44. The zero-order chi connectivity index (χ0) is 28.0. The molecule has 2 aromatic heterocycles. The molecule has 1 nitrogen and oxygen atoms in total. The summed E-state index contributed by atoms with van der Waals surface area (Å²) in [6.45, 7) is 4.77. The minimum atomic E-state index is -0.152. The second-order valence-electron chi connectivity index (χ2n) is 11.9. The van der Waals surface area contributed by atoms with Crippen LogP contribution in [-0.2, 0) is 5.41 Å². The van der Waals surface area contributed by atoms with E-state index in [0.717, 1.165) is 5.52 Å². The van der Waals surface area contributed by atoms with E-state index >= 15 is 0 Å². The fraction of sp³-hybridized carbons (Fsp3) is 0.0750. The summed E-state index contributed by atoms with van der Waals surface area (Å²) >= 11 is 1.92. The monoisotopic (exact) mass is 553 g/mol. The van der Waals surface area contributed by atoms with Gasteiger partial charge >= 0.3 is 0 Å². The molecule has 2 heteroatoms.